The van der Waals surface area contributed by atoms with Gasteiger partial charge in [0.05, 0.1) is 5.56 Å². The van der Waals surface area contributed by atoms with Gasteiger partial charge >= 0.3 is 0 Å². The Morgan fingerprint density at radius 2 is 1.59 bits per heavy atom. The average Bonchev–Trinajstić information content (AvgIpc) is 2.84. The van der Waals surface area contributed by atoms with Gasteiger partial charge in [0.15, 0.2) is 0 Å². The second-order valence-corrected chi connectivity index (χ2v) is 8.10. The van der Waals surface area contributed by atoms with Gasteiger partial charge in [-0.15, -0.1) is 0 Å². The molecule has 6 nitrogen and oxygen atoms in total. The summed E-state index contributed by atoms with van der Waals surface area (Å²) in [5.74, 6) is 1.70. The smallest absolute Gasteiger partial charge is 0.257 e. The number of anilines is 3. The Hall–Kier alpha value is -3.64. The summed E-state index contributed by atoms with van der Waals surface area (Å²) < 4.78 is 0. The third kappa shape index (κ3) is 4.09. The second kappa shape index (κ2) is 8.85. The van der Waals surface area contributed by atoms with Gasteiger partial charge in [-0.05, 0) is 35.7 Å². The van der Waals surface area contributed by atoms with E-state index >= 15 is 0 Å². The van der Waals surface area contributed by atoms with Crippen LogP contribution in [0.3, 0.4) is 0 Å². The molecule has 2 aromatic carbocycles. The summed E-state index contributed by atoms with van der Waals surface area (Å²) in [6.45, 7) is 3.40. The minimum atomic E-state index is -0.206. The third-order valence-electron chi connectivity index (χ3n) is 5.65. The molecule has 1 aliphatic rings. The van der Waals surface area contributed by atoms with E-state index in [9.17, 15) is 4.79 Å². The maximum atomic E-state index is 13.0. The van der Waals surface area contributed by atoms with Crippen LogP contribution in [0.1, 0.15) is 10.4 Å². The van der Waals surface area contributed by atoms with Crippen LogP contribution in [0.5, 0.6) is 0 Å². The lowest BCUT2D eigenvalue weighted by molar-refractivity contribution is 0.102. The Morgan fingerprint density at radius 1 is 0.844 bits per heavy atom. The summed E-state index contributed by atoms with van der Waals surface area (Å²) >= 11 is 6.05. The lowest BCUT2D eigenvalue weighted by atomic mass is 10.1. The molecule has 0 bridgehead atoms. The van der Waals surface area contributed by atoms with Crippen LogP contribution in [-0.4, -0.2) is 42.1 Å². The first kappa shape index (κ1) is 20.3. The van der Waals surface area contributed by atoms with Crippen LogP contribution in [0.15, 0.2) is 79.1 Å². The summed E-state index contributed by atoms with van der Waals surface area (Å²) in [5.41, 5.74) is 1.19. The SMILES string of the molecule is O=C(Nc1cccc(Cl)c1)c1cnc(N2CCN(c3ccccn3)CC2)c2ccccc12. The molecule has 1 fully saturated rings. The fourth-order valence-corrected chi connectivity index (χ4v) is 4.25. The average molecular weight is 444 g/mol. The van der Waals surface area contributed by atoms with E-state index in [-0.39, 0.29) is 5.91 Å². The molecule has 2 aromatic heterocycles. The number of halogens is 1. The number of rotatable bonds is 4. The van der Waals surface area contributed by atoms with Crippen molar-refractivity contribution < 1.29 is 4.79 Å². The van der Waals surface area contributed by atoms with Crippen LogP contribution in [-0.2, 0) is 0 Å². The minimum Gasteiger partial charge on any atom is -0.353 e. The maximum Gasteiger partial charge on any atom is 0.257 e. The highest BCUT2D eigenvalue weighted by Crippen LogP contribution is 2.29. The van der Waals surface area contributed by atoms with Gasteiger partial charge in [0.25, 0.3) is 5.91 Å². The van der Waals surface area contributed by atoms with Crippen LogP contribution < -0.4 is 15.1 Å². The van der Waals surface area contributed by atoms with Gasteiger partial charge < -0.3 is 15.1 Å². The van der Waals surface area contributed by atoms with Gasteiger partial charge in [-0.25, -0.2) is 9.97 Å². The molecule has 1 aliphatic heterocycles. The van der Waals surface area contributed by atoms with Crippen LogP contribution in [0.4, 0.5) is 17.3 Å². The molecule has 4 aromatic rings. The summed E-state index contributed by atoms with van der Waals surface area (Å²) in [4.78, 5) is 26.7. The van der Waals surface area contributed by atoms with Crippen molar-refractivity contribution in [3.05, 3.63) is 89.7 Å². The first-order valence-electron chi connectivity index (χ1n) is 10.5. The number of pyridine rings is 2. The molecule has 160 valence electrons. The number of benzene rings is 2. The van der Waals surface area contributed by atoms with Crippen LogP contribution in [0.2, 0.25) is 5.02 Å². The highest BCUT2D eigenvalue weighted by atomic mass is 35.5. The number of carbonyl (C=O) groups excluding carboxylic acids is 1. The Balaban J connectivity index is 1.40. The van der Waals surface area contributed by atoms with Crippen molar-refractivity contribution in [3.8, 4) is 0 Å². The Morgan fingerprint density at radius 3 is 2.34 bits per heavy atom. The zero-order valence-electron chi connectivity index (χ0n) is 17.4. The highest BCUT2D eigenvalue weighted by molar-refractivity contribution is 6.31. The number of aromatic nitrogens is 2. The van der Waals surface area contributed by atoms with E-state index in [1.54, 1.807) is 18.3 Å². The standard InChI is InChI=1S/C25H22ClN5O/c26-18-6-5-7-19(16-18)29-25(32)22-17-28-24(21-9-2-1-8-20(21)22)31-14-12-30(13-15-31)23-10-3-4-11-27-23/h1-11,16-17H,12-15H2,(H,29,32). The van der Waals surface area contributed by atoms with E-state index in [1.165, 1.54) is 0 Å². The van der Waals surface area contributed by atoms with Crippen molar-refractivity contribution >= 4 is 45.6 Å². The number of nitrogens with zero attached hydrogens (tertiary/aromatic N) is 4. The normalized spacial score (nSPS) is 13.9. The summed E-state index contributed by atoms with van der Waals surface area (Å²) in [6.07, 6.45) is 3.49. The largest absolute Gasteiger partial charge is 0.353 e. The lowest BCUT2D eigenvalue weighted by Crippen LogP contribution is -2.47. The van der Waals surface area contributed by atoms with E-state index in [0.717, 1.165) is 48.6 Å². The monoisotopic (exact) mass is 443 g/mol. The van der Waals surface area contributed by atoms with E-state index < -0.39 is 0 Å². The molecular formula is C25H22ClN5O. The molecule has 0 radical (unpaired) electrons. The molecule has 7 heteroatoms. The molecule has 0 atom stereocenters. The van der Waals surface area contributed by atoms with Gasteiger partial charge in [-0.3, -0.25) is 4.79 Å². The minimum absolute atomic E-state index is 0.206. The molecule has 0 aliphatic carbocycles. The highest BCUT2D eigenvalue weighted by Gasteiger charge is 2.22. The number of piperazine rings is 1. The van der Waals surface area contributed by atoms with Gasteiger partial charge in [-0.2, -0.15) is 0 Å². The predicted molar refractivity (Wildman–Crippen MR) is 130 cm³/mol. The zero-order valence-corrected chi connectivity index (χ0v) is 18.2. The second-order valence-electron chi connectivity index (χ2n) is 7.67. The molecule has 1 N–H and O–H groups in total. The summed E-state index contributed by atoms with van der Waals surface area (Å²) in [6, 6.07) is 21.0. The molecule has 0 saturated carbocycles. The summed E-state index contributed by atoms with van der Waals surface area (Å²) in [5, 5.41) is 5.35. The van der Waals surface area contributed by atoms with E-state index in [0.29, 0.717) is 16.3 Å². The van der Waals surface area contributed by atoms with E-state index in [2.05, 4.69) is 20.1 Å². The number of hydrogen-bond acceptors (Lipinski definition) is 5. The quantitative estimate of drug-likeness (QED) is 0.488. The first-order chi connectivity index (χ1) is 15.7. The van der Waals surface area contributed by atoms with E-state index in [1.807, 2.05) is 60.8 Å². The van der Waals surface area contributed by atoms with Gasteiger partial charge in [0, 0.05) is 54.7 Å². The molecule has 32 heavy (non-hydrogen) atoms. The van der Waals surface area contributed by atoms with Gasteiger partial charge in [-0.1, -0.05) is 48.0 Å². The molecule has 5 rings (SSSR count). The number of nitrogens with one attached hydrogen (secondary N) is 1. The molecule has 1 amide bonds. The lowest BCUT2D eigenvalue weighted by Gasteiger charge is -2.36. The number of fused-ring (bicyclic) bond motifs is 1. The summed E-state index contributed by atoms with van der Waals surface area (Å²) in [7, 11) is 0. The van der Waals surface area contributed by atoms with Crippen molar-refractivity contribution in [2.24, 2.45) is 0 Å². The molecule has 0 spiro atoms. The predicted octanol–water partition coefficient (Wildman–Crippen LogP) is 4.86. The molecule has 3 heterocycles. The van der Waals surface area contributed by atoms with Crippen molar-refractivity contribution in [1.82, 2.24) is 9.97 Å². The van der Waals surface area contributed by atoms with Crippen molar-refractivity contribution in [2.45, 2.75) is 0 Å². The zero-order chi connectivity index (χ0) is 21.9. The molecule has 1 saturated heterocycles. The van der Waals surface area contributed by atoms with Crippen molar-refractivity contribution in [3.63, 3.8) is 0 Å². The first-order valence-corrected chi connectivity index (χ1v) is 10.9. The Labute approximate surface area is 191 Å². The van der Waals surface area contributed by atoms with Crippen LogP contribution >= 0.6 is 11.6 Å². The Bertz CT molecular complexity index is 1260. The fourth-order valence-electron chi connectivity index (χ4n) is 4.06. The van der Waals surface area contributed by atoms with E-state index in [4.69, 9.17) is 16.6 Å². The Kier molecular flexibility index (Phi) is 5.60. The van der Waals surface area contributed by atoms with Crippen LogP contribution in [0, 0.1) is 0 Å². The topological polar surface area (TPSA) is 61.4 Å². The maximum absolute atomic E-state index is 13.0. The molecule has 0 unspecified atom stereocenters. The number of carbonyl (C=O) groups is 1. The van der Waals surface area contributed by atoms with Crippen molar-refractivity contribution in [1.29, 1.82) is 0 Å². The number of amides is 1. The third-order valence-corrected chi connectivity index (χ3v) is 5.89. The van der Waals surface area contributed by atoms with Crippen molar-refractivity contribution in [2.75, 3.05) is 41.3 Å². The fraction of sp³-hybridized carbons (Fsp3) is 0.160. The van der Waals surface area contributed by atoms with Crippen LogP contribution in [0.25, 0.3) is 10.8 Å². The molecular weight excluding hydrogens is 422 g/mol. The van der Waals surface area contributed by atoms with Gasteiger partial charge in [0.2, 0.25) is 0 Å². The number of hydrogen-bond donors (Lipinski definition) is 1. The van der Waals surface area contributed by atoms with Gasteiger partial charge in [0.1, 0.15) is 11.6 Å².